The molecule has 1 heterocycles. The van der Waals surface area contributed by atoms with Gasteiger partial charge < -0.3 is 19.9 Å². The number of fused-ring (bicyclic) bond motifs is 1. The molecule has 0 bridgehead atoms. The van der Waals surface area contributed by atoms with Crippen LogP contribution < -0.4 is 5.73 Å². The largest absolute Gasteiger partial charge is 0.398 e. The van der Waals surface area contributed by atoms with Gasteiger partial charge in [0, 0.05) is 29.9 Å². The van der Waals surface area contributed by atoms with Crippen LogP contribution >= 0.6 is 0 Å². The molecular weight excluding hydrogens is 256 g/mol. The molecule has 0 aliphatic heterocycles. The zero-order valence-corrected chi connectivity index (χ0v) is 11.7. The van der Waals surface area contributed by atoms with Crippen molar-refractivity contribution in [3.63, 3.8) is 0 Å². The first kappa shape index (κ1) is 14.7. The van der Waals surface area contributed by atoms with Gasteiger partial charge >= 0.3 is 0 Å². The van der Waals surface area contributed by atoms with Gasteiger partial charge in [-0.25, -0.2) is 0 Å². The molecule has 0 saturated heterocycles. The van der Waals surface area contributed by atoms with E-state index >= 15 is 0 Å². The Balaban J connectivity index is 1.86. The lowest BCUT2D eigenvalue weighted by Gasteiger charge is -2.09. The molecule has 5 heteroatoms. The quantitative estimate of drug-likeness (QED) is 0.590. The number of hydrogen-bond donors (Lipinski definition) is 1. The van der Waals surface area contributed by atoms with Crippen LogP contribution in [0.5, 0.6) is 0 Å². The first-order valence-electron chi connectivity index (χ1n) is 6.59. The first-order chi connectivity index (χ1) is 9.83. The molecule has 0 spiro atoms. The van der Waals surface area contributed by atoms with E-state index in [1.54, 1.807) is 13.3 Å². The van der Waals surface area contributed by atoms with Crippen LogP contribution in [0.2, 0.25) is 0 Å². The zero-order chi connectivity index (χ0) is 14.2. The van der Waals surface area contributed by atoms with E-state index in [1.165, 1.54) is 0 Å². The average molecular weight is 276 g/mol. The van der Waals surface area contributed by atoms with Gasteiger partial charge in [0.1, 0.15) is 0 Å². The van der Waals surface area contributed by atoms with E-state index in [9.17, 15) is 0 Å². The van der Waals surface area contributed by atoms with Gasteiger partial charge in [0.25, 0.3) is 0 Å². The fraction of sp³-hybridized carbons (Fsp3) is 0.400. The number of nitrogen functional groups attached to an aromatic ring is 1. The van der Waals surface area contributed by atoms with Crippen molar-refractivity contribution in [1.29, 1.82) is 0 Å². The van der Waals surface area contributed by atoms with Crippen LogP contribution in [-0.2, 0) is 20.8 Å². The Labute approximate surface area is 118 Å². The van der Waals surface area contributed by atoms with Crippen molar-refractivity contribution >= 4 is 16.6 Å². The van der Waals surface area contributed by atoms with Gasteiger partial charge in [-0.3, -0.25) is 4.98 Å². The van der Waals surface area contributed by atoms with Gasteiger partial charge in [-0.2, -0.15) is 0 Å². The van der Waals surface area contributed by atoms with Crippen molar-refractivity contribution in [1.82, 2.24) is 4.98 Å². The molecular formula is C15H20N2O3. The number of hydrogen-bond acceptors (Lipinski definition) is 5. The summed E-state index contributed by atoms with van der Waals surface area (Å²) in [6.07, 6.45) is 1.76. The number of ether oxygens (including phenoxy) is 3. The summed E-state index contributed by atoms with van der Waals surface area (Å²) >= 11 is 0. The molecule has 1 aromatic carbocycles. The second-order valence-corrected chi connectivity index (χ2v) is 4.37. The number of benzene rings is 1. The maximum Gasteiger partial charge on any atom is 0.0777 e. The Morgan fingerprint density at radius 2 is 1.85 bits per heavy atom. The molecule has 108 valence electrons. The average Bonchev–Trinajstić information content (AvgIpc) is 2.49. The van der Waals surface area contributed by atoms with Crippen molar-refractivity contribution in [2.24, 2.45) is 0 Å². The highest BCUT2D eigenvalue weighted by atomic mass is 16.5. The van der Waals surface area contributed by atoms with E-state index < -0.39 is 0 Å². The SMILES string of the molecule is COCCOCCOCc1ccc(N)c2cccnc12. The number of rotatable bonds is 8. The summed E-state index contributed by atoms with van der Waals surface area (Å²) in [6.45, 7) is 2.80. The van der Waals surface area contributed by atoms with Gasteiger partial charge in [-0.1, -0.05) is 6.07 Å². The fourth-order valence-corrected chi connectivity index (χ4v) is 1.91. The predicted molar refractivity (Wildman–Crippen MR) is 78.5 cm³/mol. The smallest absolute Gasteiger partial charge is 0.0777 e. The van der Waals surface area contributed by atoms with Crippen molar-refractivity contribution in [3.8, 4) is 0 Å². The standard InChI is InChI=1S/C15H20N2O3/c1-18-7-8-19-9-10-20-11-12-4-5-14(16)13-3-2-6-17-15(12)13/h2-6H,7-11,16H2,1H3. The highest BCUT2D eigenvalue weighted by molar-refractivity contribution is 5.92. The molecule has 2 rings (SSSR count). The number of nitrogens with zero attached hydrogens (tertiary/aromatic N) is 1. The van der Waals surface area contributed by atoms with Crippen LogP contribution in [0.1, 0.15) is 5.56 Å². The second-order valence-electron chi connectivity index (χ2n) is 4.37. The molecule has 0 aliphatic rings. The van der Waals surface area contributed by atoms with Crippen molar-refractivity contribution in [2.45, 2.75) is 6.61 Å². The van der Waals surface area contributed by atoms with Gasteiger partial charge in [-0.05, 0) is 18.2 Å². The Bertz CT molecular complexity index is 546. The summed E-state index contributed by atoms with van der Waals surface area (Å²) in [6, 6.07) is 7.69. The van der Waals surface area contributed by atoms with E-state index in [0.717, 1.165) is 22.2 Å². The number of methoxy groups -OCH3 is 1. The number of nitrogens with two attached hydrogens (primary N) is 1. The van der Waals surface area contributed by atoms with Crippen LogP contribution in [0.25, 0.3) is 10.9 Å². The van der Waals surface area contributed by atoms with E-state index in [-0.39, 0.29) is 0 Å². The normalized spacial score (nSPS) is 11.1. The molecule has 5 nitrogen and oxygen atoms in total. The summed E-state index contributed by atoms with van der Waals surface area (Å²) in [5.74, 6) is 0. The molecule has 0 unspecified atom stereocenters. The second kappa shape index (κ2) is 7.79. The summed E-state index contributed by atoms with van der Waals surface area (Å²) in [4.78, 5) is 4.37. The molecule has 0 fully saturated rings. The Morgan fingerprint density at radius 3 is 2.70 bits per heavy atom. The molecule has 0 atom stereocenters. The molecule has 0 amide bonds. The molecule has 1 aromatic heterocycles. The molecule has 20 heavy (non-hydrogen) atoms. The van der Waals surface area contributed by atoms with E-state index in [1.807, 2.05) is 24.3 Å². The highest BCUT2D eigenvalue weighted by Crippen LogP contribution is 2.22. The van der Waals surface area contributed by atoms with Crippen LogP contribution in [-0.4, -0.2) is 38.5 Å². The monoisotopic (exact) mass is 276 g/mol. The zero-order valence-electron chi connectivity index (χ0n) is 11.7. The van der Waals surface area contributed by atoms with Gasteiger partial charge in [0.05, 0.1) is 38.6 Å². The maximum atomic E-state index is 5.94. The van der Waals surface area contributed by atoms with Crippen molar-refractivity contribution < 1.29 is 14.2 Å². The third kappa shape index (κ3) is 3.90. The van der Waals surface area contributed by atoms with Crippen LogP contribution in [0, 0.1) is 0 Å². The summed E-state index contributed by atoms with van der Waals surface area (Å²) in [7, 11) is 1.65. The lowest BCUT2D eigenvalue weighted by Crippen LogP contribution is -2.08. The van der Waals surface area contributed by atoms with Crippen LogP contribution in [0.15, 0.2) is 30.5 Å². The molecule has 0 saturated carbocycles. The van der Waals surface area contributed by atoms with Crippen molar-refractivity contribution in [3.05, 3.63) is 36.0 Å². The van der Waals surface area contributed by atoms with E-state index in [2.05, 4.69) is 4.98 Å². The van der Waals surface area contributed by atoms with Gasteiger partial charge in [0.15, 0.2) is 0 Å². The number of aromatic nitrogens is 1. The lowest BCUT2D eigenvalue weighted by atomic mass is 10.1. The van der Waals surface area contributed by atoms with E-state index in [4.69, 9.17) is 19.9 Å². The van der Waals surface area contributed by atoms with Gasteiger partial charge in [-0.15, -0.1) is 0 Å². The summed E-state index contributed by atoms with van der Waals surface area (Å²) < 4.78 is 15.8. The number of pyridine rings is 1. The minimum absolute atomic E-state index is 0.501. The molecule has 0 radical (unpaired) electrons. The maximum absolute atomic E-state index is 5.94. The fourth-order valence-electron chi connectivity index (χ4n) is 1.91. The summed E-state index contributed by atoms with van der Waals surface area (Å²) in [5, 5.41) is 0.963. The molecule has 0 aliphatic carbocycles. The van der Waals surface area contributed by atoms with Crippen LogP contribution in [0.3, 0.4) is 0 Å². The first-order valence-corrected chi connectivity index (χ1v) is 6.59. The Kier molecular flexibility index (Phi) is 5.73. The molecule has 2 aromatic rings. The van der Waals surface area contributed by atoms with Crippen LogP contribution in [0.4, 0.5) is 5.69 Å². The van der Waals surface area contributed by atoms with E-state index in [0.29, 0.717) is 33.0 Å². The third-order valence-corrected chi connectivity index (χ3v) is 2.95. The Morgan fingerprint density at radius 1 is 1.05 bits per heavy atom. The summed E-state index contributed by atoms with van der Waals surface area (Å²) in [5.41, 5.74) is 8.60. The Hall–Kier alpha value is -1.69. The van der Waals surface area contributed by atoms with Gasteiger partial charge in [0.2, 0.25) is 0 Å². The lowest BCUT2D eigenvalue weighted by molar-refractivity contribution is 0.0202. The minimum atomic E-state index is 0.501. The highest BCUT2D eigenvalue weighted by Gasteiger charge is 2.05. The third-order valence-electron chi connectivity index (χ3n) is 2.95. The minimum Gasteiger partial charge on any atom is -0.398 e. The number of anilines is 1. The topological polar surface area (TPSA) is 66.6 Å². The predicted octanol–water partition coefficient (Wildman–Crippen LogP) is 2.00. The molecule has 2 N–H and O–H groups in total. The van der Waals surface area contributed by atoms with Crippen molar-refractivity contribution in [2.75, 3.05) is 39.3 Å².